The summed E-state index contributed by atoms with van der Waals surface area (Å²) in [5, 5.41) is 2.97. The van der Waals surface area contributed by atoms with Crippen LogP contribution in [-0.4, -0.2) is 19.1 Å². The highest BCUT2D eigenvalue weighted by molar-refractivity contribution is 5.76. The maximum atomic E-state index is 12.1. The van der Waals surface area contributed by atoms with Gasteiger partial charge < -0.3 is 14.8 Å². The molecule has 0 aliphatic heterocycles. The Kier molecular flexibility index (Phi) is 7.33. The van der Waals surface area contributed by atoms with Gasteiger partial charge in [0.2, 0.25) is 5.91 Å². The number of hydrogen-bond acceptors (Lipinski definition) is 3. The zero-order valence-corrected chi connectivity index (χ0v) is 15.3. The highest BCUT2D eigenvalue weighted by Crippen LogP contribution is 2.28. The molecule has 0 heterocycles. The van der Waals surface area contributed by atoms with Gasteiger partial charge in [-0.15, -0.1) is 0 Å². The van der Waals surface area contributed by atoms with Crippen LogP contribution in [0.25, 0.3) is 0 Å². The molecular formula is C21H27NO3. The van der Waals surface area contributed by atoms with Crippen LogP contribution in [0, 0.1) is 6.92 Å². The van der Waals surface area contributed by atoms with Crippen molar-refractivity contribution in [3.63, 3.8) is 0 Å². The quantitative estimate of drug-likeness (QED) is 0.749. The Hall–Kier alpha value is -2.49. The molecule has 0 unspecified atom stereocenters. The van der Waals surface area contributed by atoms with Crippen molar-refractivity contribution < 1.29 is 14.3 Å². The third-order valence-electron chi connectivity index (χ3n) is 3.86. The van der Waals surface area contributed by atoms with Gasteiger partial charge in [0.05, 0.1) is 13.2 Å². The van der Waals surface area contributed by atoms with Gasteiger partial charge in [-0.1, -0.05) is 35.9 Å². The number of amides is 1. The van der Waals surface area contributed by atoms with E-state index in [9.17, 15) is 4.79 Å². The molecule has 134 valence electrons. The van der Waals surface area contributed by atoms with E-state index in [1.54, 1.807) is 0 Å². The summed E-state index contributed by atoms with van der Waals surface area (Å²) >= 11 is 0. The molecule has 0 aliphatic carbocycles. The Morgan fingerprint density at radius 1 is 0.920 bits per heavy atom. The first-order valence-corrected chi connectivity index (χ1v) is 8.83. The van der Waals surface area contributed by atoms with E-state index in [1.807, 2.05) is 44.2 Å². The van der Waals surface area contributed by atoms with E-state index in [2.05, 4.69) is 24.4 Å². The molecule has 0 aromatic heterocycles. The van der Waals surface area contributed by atoms with Crippen molar-refractivity contribution in [1.29, 1.82) is 0 Å². The standard InChI is InChI=1S/C21H27NO3/c1-4-24-19-12-10-17(14-20(19)25-5-2)11-13-21(23)22-15-18-8-6-16(3)7-9-18/h6-10,12,14H,4-5,11,13,15H2,1-3H3,(H,22,23). The van der Waals surface area contributed by atoms with Gasteiger partial charge >= 0.3 is 0 Å². The van der Waals surface area contributed by atoms with E-state index >= 15 is 0 Å². The summed E-state index contributed by atoms with van der Waals surface area (Å²) in [5.74, 6) is 1.53. The molecule has 0 spiro atoms. The molecular weight excluding hydrogens is 314 g/mol. The molecule has 0 bridgehead atoms. The molecule has 0 atom stereocenters. The van der Waals surface area contributed by atoms with Crippen molar-refractivity contribution in [3.8, 4) is 11.5 Å². The minimum atomic E-state index is 0.0485. The maximum Gasteiger partial charge on any atom is 0.220 e. The largest absolute Gasteiger partial charge is 0.490 e. The molecule has 25 heavy (non-hydrogen) atoms. The van der Waals surface area contributed by atoms with E-state index in [-0.39, 0.29) is 5.91 Å². The molecule has 2 aromatic carbocycles. The second-order valence-corrected chi connectivity index (χ2v) is 5.91. The van der Waals surface area contributed by atoms with Crippen LogP contribution < -0.4 is 14.8 Å². The second kappa shape index (κ2) is 9.72. The van der Waals surface area contributed by atoms with Crippen LogP contribution in [0.5, 0.6) is 11.5 Å². The molecule has 0 aliphatic rings. The van der Waals surface area contributed by atoms with Crippen molar-refractivity contribution in [2.45, 2.75) is 40.2 Å². The average molecular weight is 341 g/mol. The van der Waals surface area contributed by atoms with Crippen LogP contribution >= 0.6 is 0 Å². The Labute approximate surface area is 150 Å². The molecule has 1 amide bonds. The van der Waals surface area contributed by atoms with Crippen molar-refractivity contribution in [2.24, 2.45) is 0 Å². The molecule has 4 nitrogen and oxygen atoms in total. The Morgan fingerprint density at radius 2 is 1.56 bits per heavy atom. The van der Waals surface area contributed by atoms with E-state index < -0.39 is 0 Å². The molecule has 0 fully saturated rings. The first-order valence-electron chi connectivity index (χ1n) is 8.83. The molecule has 0 saturated carbocycles. The molecule has 2 rings (SSSR count). The predicted octanol–water partition coefficient (Wildman–Crippen LogP) is 4.04. The van der Waals surface area contributed by atoms with Gasteiger partial charge in [0, 0.05) is 13.0 Å². The van der Waals surface area contributed by atoms with Crippen LogP contribution in [-0.2, 0) is 17.8 Å². The van der Waals surface area contributed by atoms with Crippen molar-refractivity contribution >= 4 is 5.91 Å². The third-order valence-corrected chi connectivity index (χ3v) is 3.86. The van der Waals surface area contributed by atoms with Crippen LogP contribution in [0.4, 0.5) is 0 Å². The zero-order chi connectivity index (χ0) is 18.1. The van der Waals surface area contributed by atoms with Gasteiger partial charge in [0.15, 0.2) is 11.5 Å². The van der Waals surface area contributed by atoms with Crippen LogP contribution in [0.15, 0.2) is 42.5 Å². The summed E-state index contributed by atoms with van der Waals surface area (Å²) in [7, 11) is 0. The Morgan fingerprint density at radius 3 is 2.24 bits per heavy atom. The topological polar surface area (TPSA) is 47.6 Å². The summed E-state index contributed by atoms with van der Waals surface area (Å²) in [6.45, 7) is 7.69. The van der Waals surface area contributed by atoms with Gasteiger partial charge in [-0.25, -0.2) is 0 Å². The summed E-state index contributed by atoms with van der Waals surface area (Å²) in [6.07, 6.45) is 1.12. The van der Waals surface area contributed by atoms with E-state index in [4.69, 9.17) is 9.47 Å². The van der Waals surface area contributed by atoms with Crippen molar-refractivity contribution in [2.75, 3.05) is 13.2 Å². The first kappa shape index (κ1) is 18.8. The van der Waals surface area contributed by atoms with E-state index in [1.165, 1.54) is 5.56 Å². The van der Waals surface area contributed by atoms with E-state index in [0.29, 0.717) is 32.6 Å². The monoisotopic (exact) mass is 341 g/mol. The molecule has 0 saturated heterocycles. The first-order chi connectivity index (χ1) is 12.1. The van der Waals surface area contributed by atoms with Crippen molar-refractivity contribution in [3.05, 3.63) is 59.2 Å². The fourth-order valence-electron chi connectivity index (χ4n) is 2.50. The van der Waals surface area contributed by atoms with Crippen LogP contribution in [0.1, 0.15) is 37.0 Å². The zero-order valence-electron chi connectivity index (χ0n) is 15.3. The normalized spacial score (nSPS) is 10.4. The number of carbonyl (C=O) groups excluding carboxylic acids is 1. The minimum Gasteiger partial charge on any atom is -0.490 e. The summed E-state index contributed by atoms with van der Waals surface area (Å²) in [6, 6.07) is 14.0. The average Bonchev–Trinajstić information content (AvgIpc) is 2.62. The number of carbonyl (C=O) groups is 1. The Bertz CT molecular complexity index is 680. The summed E-state index contributed by atoms with van der Waals surface area (Å²) in [4.78, 5) is 12.1. The number of hydrogen-bond donors (Lipinski definition) is 1. The van der Waals surface area contributed by atoms with E-state index in [0.717, 1.165) is 22.6 Å². The van der Waals surface area contributed by atoms with Gasteiger partial charge in [-0.2, -0.15) is 0 Å². The predicted molar refractivity (Wildman–Crippen MR) is 100 cm³/mol. The number of benzene rings is 2. The third kappa shape index (κ3) is 6.14. The fourth-order valence-corrected chi connectivity index (χ4v) is 2.50. The molecule has 2 aromatic rings. The Balaban J connectivity index is 1.86. The smallest absolute Gasteiger partial charge is 0.220 e. The summed E-state index contributed by atoms with van der Waals surface area (Å²) < 4.78 is 11.2. The van der Waals surface area contributed by atoms with Crippen LogP contribution in [0.3, 0.4) is 0 Å². The van der Waals surface area contributed by atoms with Crippen LogP contribution in [0.2, 0.25) is 0 Å². The number of rotatable bonds is 9. The van der Waals surface area contributed by atoms with Gasteiger partial charge in [-0.3, -0.25) is 4.79 Å². The molecule has 4 heteroatoms. The molecule has 1 N–H and O–H groups in total. The maximum absolute atomic E-state index is 12.1. The van der Waals surface area contributed by atoms with Gasteiger partial charge in [0.1, 0.15) is 0 Å². The highest BCUT2D eigenvalue weighted by Gasteiger charge is 2.08. The fraction of sp³-hybridized carbons (Fsp3) is 0.381. The van der Waals surface area contributed by atoms with Crippen molar-refractivity contribution in [1.82, 2.24) is 5.32 Å². The number of ether oxygens (including phenoxy) is 2. The lowest BCUT2D eigenvalue weighted by Gasteiger charge is -2.12. The minimum absolute atomic E-state index is 0.0485. The SMILES string of the molecule is CCOc1ccc(CCC(=O)NCc2ccc(C)cc2)cc1OCC. The lowest BCUT2D eigenvalue weighted by molar-refractivity contribution is -0.121. The van der Waals surface area contributed by atoms with Gasteiger partial charge in [0.25, 0.3) is 0 Å². The van der Waals surface area contributed by atoms with Gasteiger partial charge in [-0.05, 0) is 50.5 Å². The second-order valence-electron chi connectivity index (χ2n) is 5.91. The lowest BCUT2D eigenvalue weighted by Crippen LogP contribution is -2.22. The molecule has 0 radical (unpaired) electrons. The highest BCUT2D eigenvalue weighted by atomic mass is 16.5. The lowest BCUT2D eigenvalue weighted by atomic mass is 10.1. The summed E-state index contributed by atoms with van der Waals surface area (Å²) in [5.41, 5.74) is 3.40. The number of aryl methyl sites for hydroxylation is 2. The number of nitrogens with one attached hydrogen (secondary N) is 1.